The van der Waals surface area contributed by atoms with Crippen LogP contribution in [0.15, 0.2) is 36.4 Å². The zero-order valence-corrected chi connectivity index (χ0v) is 16.8. The molecule has 0 atom stereocenters. The number of phenols is 2. The van der Waals surface area contributed by atoms with E-state index in [1.807, 2.05) is 0 Å². The molecule has 2 rings (SSSR count). The van der Waals surface area contributed by atoms with Crippen LogP contribution in [0.3, 0.4) is 0 Å². The molecule has 0 spiro atoms. The second-order valence-corrected chi connectivity index (χ2v) is 5.80. The molecule has 0 fully saturated rings. The Balaban J connectivity index is 0.000000323. The third-order valence-electron chi connectivity index (χ3n) is 3.58. The number of hydrogen-bond acceptors (Lipinski definition) is 9. The molecule has 0 aromatic heterocycles. The predicted octanol–water partition coefficient (Wildman–Crippen LogP) is -0.356. The SMILES string of the molecule is CNC(=O)C(=O)Nc1ccc(N)cc1O.CNC(=O)C(=O)Nc1ccc([N+](=O)[O-])cc1O. The highest BCUT2D eigenvalue weighted by Gasteiger charge is 2.16. The number of non-ortho nitro benzene ring substituents is 1. The van der Waals surface area contributed by atoms with Gasteiger partial charge in [0, 0.05) is 31.9 Å². The molecule has 14 nitrogen and oxygen atoms in total. The Hall–Kier alpha value is -4.88. The van der Waals surface area contributed by atoms with Crippen LogP contribution >= 0.6 is 0 Å². The van der Waals surface area contributed by atoms with Gasteiger partial charge < -0.3 is 37.2 Å². The van der Waals surface area contributed by atoms with Crippen LogP contribution in [-0.4, -0.2) is 52.9 Å². The van der Waals surface area contributed by atoms with Crippen molar-refractivity contribution in [3.05, 3.63) is 46.5 Å². The van der Waals surface area contributed by atoms with Gasteiger partial charge >= 0.3 is 23.6 Å². The topological polar surface area (TPSA) is 226 Å². The van der Waals surface area contributed by atoms with Crippen LogP contribution in [0, 0.1) is 10.1 Å². The number of carbonyl (C=O) groups is 4. The first-order chi connectivity index (χ1) is 15.0. The number of nitrogens with two attached hydrogens (primary N) is 1. The molecule has 14 heteroatoms. The summed E-state index contributed by atoms with van der Waals surface area (Å²) in [5.41, 5.74) is 5.50. The number of nitro benzene ring substituents is 1. The second kappa shape index (κ2) is 11.3. The number of likely N-dealkylation sites (N-methyl/N-ethyl adjacent to an activating group) is 2. The first-order valence-corrected chi connectivity index (χ1v) is 8.62. The fourth-order valence-electron chi connectivity index (χ4n) is 1.98. The number of hydrogen-bond donors (Lipinski definition) is 7. The maximum atomic E-state index is 11.1. The maximum absolute atomic E-state index is 11.1. The van der Waals surface area contributed by atoms with E-state index in [9.17, 15) is 39.5 Å². The molecule has 0 heterocycles. The minimum Gasteiger partial charge on any atom is -0.506 e. The number of nitrogens with zero attached hydrogens (tertiary/aromatic N) is 1. The van der Waals surface area contributed by atoms with Crippen LogP contribution in [-0.2, 0) is 19.2 Å². The van der Waals surface area contributed by atoms with E-state index < -0.39 is 34.3 Å². The zero-order chi connectivity index (χ0) is 24.4. The molecule has 0 aliphatic heterocycles. The first kappa shape index (κ1) is 25.2. The quantitative estimate of drug-likeness (QED) is 0.107. The second-order valence-electron chi connectivity index (χ2n) is 5.80. The molecule has 0 saturated carbocycles. The van der Waals surface area contributed by atoms with Gasteiger partial charge in [-0.25, -0.2) is 0 Å². The summed E-state index contributed by atoms with van der Waals surface area (Å²) in [6.07, 6.45) is 0. The highest BCUT2D eigenvalue weighted by atomic mass is 16.6. The van der Waals surface area contributed by atoms with E-state index in [0.29, 0.717) is 5.69 Å². The van der Waals surface area contributed by atoms with Crippen LogP contribution in [0.25, 0.3) is 0 Å². The van der Waals surface area contributed by atoms with Crippen molar-refractivity contribution in [1.82, 2.24) is 10.6 Å². The van der Waals surface area contributed by atoms with Crippen LogP contribution in [0.4, 0.5) is 22.7 Å². The van der Waals surface area contributed by atoms with Crippen molar-refractivity contribution in [2.45, 2.75) is 0 Å². The Morgan fingerprint density at radius 3 is 1.62 bits per heavy atom. The summed E-state index contributed by atoms with van der Waals surface area (Å²) in [5.74, 6) is -4.17. The molecule has 0 saturated heterocycles. The van der Waals surface area contributed by atoms with Crippen molar-refractivity contribution in [1.29, 1.82) is 0 Å². The number of rotatable bonds is 3. The summed E-state index contributed by atoms with van der Waals surface area (Å²) in [5, 5.41) is 37.7. The third-order valence-corrected chi connectivity index (χ3v) is 3.58. The molecular formula is C18H20N6O8. The Morgan fingerprint density at radius 2 is 1.25 bits per heavy atom. The van der Waals surface area contributed by atoms with E-state index in [1.54, 1.807) is 0 Å². The van der Waals surface area contributed by atoms with E-state index >= 15 is 0 Å². The van der Waals surface area contributed by atoms with Gasteiger partial charge in [0.25, 0.3) is 5.69 Å². The zero-order valence-electron chi connectivity index (χ0n) is 16.8. The lowest BCUT2D eigenvalue weighted by Crippen LogP contribution is -2.32. The first-order valence-electron chi connectivity index (χ1n) is 8.62. The molecular weight excluding hydrogens is 428 g/mol. The number of carbonyl (C=O) groups excluding carboxylic acids is 4. The summed E-state index contributed by atoms with van der Waals surface area (Å²) in [6, 6.07) is 7.29. The minimum atomic E-state index is -0.975. The minimum absolute atomic E-state index is 0.0794. The van der Waals surface area contributed by atoms with E-state index in [-0.39, 0.29) is 22.8 Å². The third kappa shape index (κ3) is 7.18. The lowest BCUT2D eigenvalue weighted by molar-refractivity contribution is -0.384. The summed E-state index contributed by atoms with van der Waals surface area (Å²) in [7, 11) is 2.61. The van der Waals surface area contributed by atoms with Crippen molar-refractivity contribution in [3.8, 4) is 11.5 Å². The molecule has 0 aliphatic rings. The molecule has 0 aliphatic carbocycles. The Bertz CT molecular complexity index is 1060. The smallest absolute Gasteiger partial charge is 0.313 e. The summed E-state index contributed by atoms with van der Waals surface area (Å²) in [4.78, 5) is 53.7. The van der Waals surface area contributed by atoms with Gasteiger partial charge in [0.2, 0.25) is 0 Å². The van der Waals surface area contributed by atoms with Crippen LogP contribution in [0.2, 0.25) is 0 Å². The van der Waals surface area contributed by atoms with Gasteiger partial charge in [0.1, 0.15) is 11.5 Å². The summed E-state index contributed by atoms with van der Waals surface area (Å²) < 4.78 is 0. The van der Waals surface area contributed by atoms with Crippen LogP contribution in [0.5, 0.6) is 11.5 Å². The summed E-state index contributed by atoms with van der Waals surface area (Å²) >= 11 is 0. The number of nitro groups is 1. The van der Waals surface area contributed by atoms with Gasteiger partial charge in [-0.2, -0.15) is 0 Å². The molecule has 4 amide bonds. The number of anilines is 3. The van der Waals surface area contributed by atoms with Crippen molar-refractivity contribution in [2.75, 3.05) is 30.5 Å². The molecule has 0 radical (unpaired) electrons. The van der Waals surface area contributed by atoms with Gasteiger partial charge in [-0.3, -0.25) is 29.3 Å². The number of nitrogens with one attached hydrogen (secondary N) is 4. The number of nitrogen functional groups attached to an aromatic ring is 1. The van der Waals surface area contributed by atoms with Gasteiger partial charge in [-0.15, -0.1) is 0 Å². The number of phenolic OH excluding ortho intramolecular Hbond substituents is 2. The van der Waals surface area contributed by atoms with Gasteiger partial charge in [0.05, 0.1) is 22.4 Å². The fraction of sp³-hybridized carbons (Fsp3) is 0.111. The van der Waals surface area contributed by atoms with Gasteiger partial charge in [-0.1, -0.05) is 0 Å². The predicted molar refractivity (Wildman–Crippen MR) is 113 cm³/mol. The van der Waals surface area contributed by atoms with Crippen molar-refractivity contribution in [3.63, 3.8) is 0 Å². The molecule has 32 heavy (non-hydrogen) atoms. The Morgan fingerprint density at radius 1 is 0.812 bits per heavy atom. The fourth-order valence-corrected chi connectivity index (χ4v) is 1.98. The lowest BCUT2D eigenvalue weighted by atomic mass is 10.2. The highest BCUT2D eigenvalue weighted by Crippen LogP contribution is 2.27. The van der Waals surface area contributed by atoms with Gasteiger partial charge in [-0.05, 0) is 18.2 Å². The molecule has 8 N–H and O–H groups in total. The number of amides is 4. The molecule has 2 aromatic carbocycles. The standard InChI is InChI=1S/C9H9N3O5.C9H11N3O3/c1-10-8(14)9(15)11-6-3-2-5(12(16)17)4-7(6)13;1-11-8(14)9(15)12-6-3-2-5(10)4-7(6)13/h2-4,13H,1H3,(H,10,14)(H,11,15);2-4,13H,10H2,1H3,(H,11,14)(H,12,15). The summed E-state index contributed by atoms with van der Waals surface area (Å²) in [6.45, 7) is 0. The number of benzene rings is 2. The number of aromatic hydroxyl groups is 2. The monoisotopic (exact) mass is 448 g/mol. The van der Waals surface area contributed by atoms with E-state index in [1.165, 1.54) is 32.3 Å². The van der Waals surface area contributed by atoms with E-state index in [2.05, 4.69) is 21.3 Å². The Labute approximate surface area is 180 Å². The molecule has 170 valence electrons. The molecule has 0 unspecified atom stereocenters. The highest BCUT2D eigenvalue weighted by molar-refractivity contribution is 6.40. The van der Waals surface area contributed by atoms with E-state index in [0.717, 1.165) is 18.2 Å². The Kier molecular flexibility index (Phi) is 8.92. The van der Waals surface area contributed by atoms with Crippen molar-refractivity contribution >= 4 is 46.4 Å². The maximum Gasteiger partial charge on any atom is 0.313 e. The van der Waals surface area contributed by atoms with Crippen LogP contribution < -0.4 is 27.0 Å². The van der Waals surface area contributed by atoms with E-state index in [4.69, 9.17) is 5.73 Å². The largest absolute Gasteiger partial charge is 0.506 e. The average molecular weight is 448 g/mol. The normalized spacial score (nSPS) is 9.44. The van der Waals surface area contributed by atoms with Crippen molar-refractivity contribution < 1.29 is 34.3 Å². The van der Waals surface area contributed by atoms with Crippen molar-refractivity contribution in [2.24, 2.45) is 0 Å². The van der Waals surface area contributed by atoms with Gasteiger partial charge in [0.15, 0.2) is 0 Å². The molecule has 2 aromatic rings. The van der Waals surface area contributed by atoms with Crippen LogP contribution in [0.1, 0.15) is 0 Å². The molecule has 0 bridgehead atoms. The lowest BCUT2D eigenvalue weighted by Gasteiger charge is -2.06. The average Bonchev–Trinajstić information content (AvgIpc) is 2.75.